The van der Waals surface area contributed by atoms with Crippen LogP contribution in [0.2, 0.25) is 0 Å². The van der Waals surface area contributed by atoms with Gasteiger partial charge in [0.15, 0.2) is 9.84 Å². The molecule has 1 aromatic rings. The maximum absolute atomic E-state index is 12.4. The molecule has 8 nitrogen and oxygen atoms in total. The molecule has 2 saturated heterocycles. The molecule has 2 fully saturated rings. The van der Waals surface area contributed by atoms with Gasteiger partial charge in [0, 0.05) is 26.2 Å². The number of amides is 2. The largest absolute Gasteiger partial charge is 0.378 e. The Morgan fingerprint density at radius 1 is 1.23 bits per heavy atom. The Labute approximate surface area is 153 Å². The first-order valence-electron chi connectivity index (χ1n) is 8.58. The molecule has 2 aliphatic heterocycles. The zero-order chi connectivity index (χ0) is 18.7. The van der Waals surface area contributed by atoms with Crippen molar-refractivity contribution in [3.8, 4) is 0 Å². The highest BCUT2D eigenvalue weighted by atomic mass is 32.2. The van der Waals surface area contributed by atoms with Crippen molar-refractivity contribution < 1.29 is 22.7 Å². The molecule has 0 bridgehead atoms. The van der Waals surface area contributed by atoms with Crippen molar-refractivity contribution in [2.24, 2.45) is 0 Å². The number of hydrogen-bond acceptors (Lipinski definition) is 6. The maximum Gasteiger partial charge on any atom is 0.313 e. The average Bonchev–Trinajstić information content (AvgIpc) is 3.01. The van der Waals surface area contributed by atoms with Gasteiger partial charge < -0.3 is 19.9 Å². The van der Waals surface area contributed by atoms with Gasteiger partial charge in [-0.2, -0.15) is 0 Å². The van der Waals surface area contributed by atoms with Gasteiger partial charge in [0.05, 0.1) is 36.1 Å². The van der Waals surface area contributed by atoms with E-state index in [4.69, 9.17) is 4.74 Å². The summed E-state index contributed by atoms with van der Waals surface area (Å²) in [6.07, 6.45) is 0.363. The van der Waals surface area contributed by atoms with E-state index in [2.05, 4.69) is 10.2 Å². The summed E-state index contributed by atoms with van der Waals surface area (Å²) in [6.45, 7) is 2.64. The third-order valence-electron chi connectivity index (χ3n) is 4.77. The summed E-state index contributed by atoms with van der Waals surface area (Å²) in [5.41, 5.74) is 1.39. The van der Waals surface area contributed by atoms with Gasteiger partial charge in [0.1, 0.15) is 0 Å². The molecule has 0 aliphatic carbocycles. The number of nitrogens with one attached hydrogen (secondary N) is 1. The molecule has 2 aliphatic rings. The molecular weight excluding hydrogens is 358 g/mol. The van der Waals surface area contributed by atoms with Crippen LogP contribution in [0.15, 0.2) is 24.3 Å². The van der Waals surface area contributed by atoms with Gasteiger partial charge in [-0.25, -0.2) is 8.42 Å². The number of hydrogen-bond donors (Lipinski definition) is 1. The first-order chi connectivity index (χ1) is 12.4. The van der Waals surface area contributed by atoms with Crippen LogP contribution in [0.3, 0.4) is 0 Å². The van der Waals surface area contributed by atoms with Gasteiger partial charge in [0.25, 0.3) is 0 Å². The Bertz CT molecular complexity index is 789. The molecule has 9 heteroatoms. The second-order valence-corrected chi connectivity index (χ2v) is 8.77. The highest BCUT2D eigenvalue weighted by Gasteiger charge is 2.34. The minimum Gasteiger partial charge on any atom is -0.378 e. The molecule has 142 valence electrons. The van der Waals surface area contributed by atoms with E-state index in [-0.39, 0.29) is 11.5 Å². The SMILES string of the molecule is CN(C(=O)C(=O)Nc1ccccc1N1CCOCC1)C1CCS(=O)(=O)C1. The molecule has 1 aromatic carbocycles. The quantitative estimate of drug-likeness (QED) is 0.747. The normalized spacial score (nSPS) is 22.0. The first-order valence-corrected chi connectivity index (χ1v) is 10.4. The van der Waals surface area contributed by atoms with E-state index in [0.29, 0.717) is 38.4 Å². The van der Waals surface area contributed by atoms with Crippen LogP contribution in [0.5, 0.6) is 0 Å². The lowest BCUT2D eigenvalue weighted by molar-refractivity contribution is -0.143. The smallest absolute Gasteiger partial charge is 0.313 e. The van der Waals surface area contributed by atoms with Crippen molar-refractivity contribution in [2.45, 2.75) is 12.5 Å². The molecule has 26 heavy (non-hydrogen) atoms. The Kier molecular flexibility index (Phi) is 5.47. The molecule has 1 N–H and O–H groups in total. The zero-order valence-electron chi connectivity index (χ0n) is 14.7. The van der Waals surface area contributed by atoms with Gasteiger partial charge in [0.2, 0.25) is 0 Å². The number of nitrogens with zero attached hydrogens (tertiary/aromatic N) is 2. The Balaban J connectivity index is 1.69. The Hall–Kier alpha value is -2.13. The van der Waals surface area contributed by atoms with Gasteiger partial charge >= 0.3 is 11.8 Å². The molecule has 0 aromatic heterocycles. The van der Waals surface area contributed by atoms with E-state index < -0.39 is 27.7 Å². The molecule has 2 heterocycles. The highest BCUT2D eigenvalue weighted by Crippen LogP contribution is 2.26. The number of rotatable bonds is 3. The van der Waals surface area contributed by atoms with E-state index in [1.54, 1.807) is 12.1 Å². The number of morpholine rings is 1. The van der Waals surface area contributed by atoms with Crippen LogP contribution in [-0.2, 0) is 24.2 Å². The summed E-state index contributed by atoms with van der Waals surface area (Å²) < 4.78 is 28.5. The van der Waals surface area contributed by atoms with E-state index in [1.807, 2.05) is 12.1 Å². The zero-order valence-corrected chi connectivity index (χ0v) is 15.5. The summed E-state index contributed by atoms with van der Waals surface area (Å²) in [5, 5.41) is 2.67. The van der Waals surface area contributed by atoms with Crippen LogP contribution >= 0.6 is 0 Å². The molecule has 3 rings (SSSR count). The Morgan fingerprint density at radius 3 is 2.58 bits per heavy atom. The third-order valence-corrected chi connectivity index (χ3v) is 6.53. The molecule has 1 atom stereocenters. The van der Waals surface area contributed by atoms with Crippen molar-refractivity contribution in [1.82, 2.24) is 4.90 Å². The van der Waals surface area contributed by atoms with Crippen LogP contribution in [0, 0.1) is 0 Å². The fraction of sp³-hybridized carbons (Fsp3) is 0.529. The van der Waals surface area contributed by atoms with Gasteiger partial charge in [-0.1, -0.05) is 12.1 Å². The van der Waals surface area contributed by atoms with E-state index in [9.17, 15) is 18.0 Å². The summed E-state index contributed by atoms with van der Waals surface area (Å²) >= 11 is 0. The lowest BCUT2D eigenvalue weighted by Gasteiger charge is -2.30. The highest BCUT2D eigenvalue weighted by molar-refractivity contribution is 7.91. The van der Waals surface area contributed by atoms with Crippen LogP contribution in [-0.4, -0.2) is 76.0 Å². The number of likely N-dealkylation sites (N-methyl/N-ethyl adjacent to an activating group) is 1. The minimum atomic E-state index is -3.12. The summed E-state index contributed by atoms with van der Waals surface area (Å²) in [5.74, 6) is -1.54. The minimum absolute atomic E-state index is 0.0524. The van der Waals surface area contributed by atoms with Crippen molar-refractivity contribution in [2.75, 3.05) is 55.1 Å². The van der Waals surface area contributed by atoms with Crippen LogP contribution in [0.4, 0.5) is 11.4 Å². The van der Waals surface area contributed by atoms with Crippen molar-refractivity contribution in [3.63, 3.8) is 0 Å². The van der Waals surface area contributed by atoms with Crippen LogP contribution < -0.4 is 10.2 Å². The molecule has 0 saturated carbocycles. The fourth-order valence-corrected chi connectivity index (χ4v) is 5.02. The second kappa shape index (κ2) is 7.63. The number of sulfone groups is 1. The predicted octanol–water partition coefficient (Wildman–Crippen LogP) is 0.107. The topological polar surface area (TPSA) is 96.0 Å². The average molecular weight is 381 g/mol. The molecular formula is C17H23N3O5S. The number of benzene rings is 1. The van der Waals surface area contributed by atoms with Gasteiger partial charge in [-0.05, 0) is 18.6 Å². The lowest BCUT2D eigenvalue weighted by atomic mass is 10.2. The van der Waals surface area contributed by atoms with Crippen molar-refractivity contribution in [1.29, 1.82) is 0 Å². The standard InChI is InChI=1S/C17H23N3O5S/c1-19(13-6-11-26(23,24)12-13)17(22)16(21)18-14-4-2-3-5-15(14)20-7-9-25-10-8-20/h2-5,13H,6-12H2,1H3,(H,18,21). The summed E-state index contributed by atoms with van der Waals surface area (Å²) in [7, 11) is -1.65. The number of para-hydroxylation sites is 2. The summed E-state index contributed by atoms with van der Waals surface area (Å²) in [4.78, 5) is 28.2. The van der Waals surface area contributed by atoms with Gasteiger partial charge in [-0.3, -0.25) is 9.59 Å². The molecule has 0 radical (unpaired) electrons. The monoisotopic (exact) mass is 381 g/mol. The summed E-state index contributed by atoms with van der Waals surface area (Å²) in [6, 6.07) is 6.84. The molecule has 2 amide bonds. The van der Waals surface area contributed by atoms with E-state index in [1.165, 1.54) is 11.9 Å². The maximum atomic E-state index is 12.4. The van der Waals surface area contributed by atoms with E-state index in [0.717, 1.165) is 5.69 Å². The van der Waals surface area contributed by atoms with Crippen LogP contribution in [0.1, 0.15) is 6.42 Å². The third kappa shape index (κ3) is 4.16. The predicted molar refractivity (Wildman–Crippen MR) is 97.9 cm³/mol. The van der Waals surface area contributed by atoms with Gasteiger partial charge in [-0.15, -0.1) is 0 Å². The lowest BCUT2D eigenvalue weighted by Crippen LogP contribution is -2.44. The number of carbonyl (C=O) groups is 2. The van der Waals surface area contributed by atoms with Crippen molar-refractivity contribution >= 4 is 33.0 Å². The molecule has 0 spiro atoms. The number of carbonyl (C=O) groups excluding carboxylic acids is 2. The molecule has 1 unspecified atom stereocenters. The van der Waals surface area contributed by atoms with Crippen molar-refractivity contribution in [3.05, 3.63) is 24.3 Å². The van der Waals surface area contributed by atoms with Crippen LogP contribution in [0.25, 0.3) is 0 Å². The fourth-order valence-electron chi connectivity index (χ4n) is 3.24. The second-order valence-electron chi connectivity index (χ2n) is 6.54. The first kappa shape index (κ1) is 18.7. The number of ether oxygens (including phenoxy) is 1. The number of anilines is 2. The van der Waals surface area contributed by atoms with E-state index >= 15 is 0 Å². The Morgan fingerprint density at radius 2 is 1.92 bits per heavy atom.